The van der Waals surface area contributed by atoms with E-state index in [4.69, 9.17) is 0 Å². The number of hydrogen-bond acceptors (Lipinski definition) is 4. The molecule has 0 unspecified atom stereocenters. The summed E-state index contributed by atoms with van der Waals surface area (Å²) in [6.45, 7) is 9.46. The smallest absolute Gasteiger partial charge is 0.269 e. The molecule has 4 atom stereocenters. The van der Waals surface area contributed by atoms with E-state index >= 15 is 0 Å². The van der Waals surface area contributed by atoms with Crippen LogP contribution in [0, 0.1) is 17.8 Å². The van der Waals surface area contributed by atoms with Crippen LogP contribution < -0.4 is 10.6 Å². The van der Waals surface area contributed by atoms with Gasteiger partial charge in [0.25, 0.3) is 5.91 Å². The average molecular weight is 438 g/mol. The number of carbonyl (C=O) groups excluding carboxylic acids is 2. The minimum absolute atomic E-state index is 0. The van der Waals surface area contributed by atoms with Gasteiger partial charge in [-0.25, -0.2) is 0 Å². The zero-order valence-electron chi connectivity index (χ0n) is 18.4. The zero-order valence-corrected chi connectivity index (χ0v) is 19.2. The van der Waals surface area contributed by atoms with Crippen LogP contribution in [-0.2, 0) is 17.8 Å². The molecule has 2 bridgehead atoms. The molecule has 0 radical (unpaired) electrons. The van der Waals surface area contributed by atoms with Gasteiger partial charge in [0.15, 0.2) is 0 Å². The number of piperidine rings is 3. The summed E-state index contributed by atoms with van der Waals surface area (Å²) in [5.41, 5.74) is 1.59. The maximum Gasteiger partial charge on any atom is 0.269 e. The average Bonchev–Trinajstić information content (AvgIpc) is 3.10. The van der Waals surface area contributed by atoms with Gasteiger partial charge < -0.3 is 15.5 Å². The summed E-state index contributed by atoms with van der Waals surface area (Å²) in [6, 6.07) is 2.35. The lowest BCUT2D eigenvalue weighted by Gasteiger charge is -2.54. The van der Waals surface area contributed by atoms with Crippen molar-refractivity contribution < 1.29 is 9.59 Å². The van der Waals surface area contributed by atoms with E-state index in [1.807, 2.05) is 13.0 Å². The molecule has 2 amide bonds. The third kappa shape index (κ3) is 4.52. The van der Waals surface area contributed by atoms with E-state index in [1.165, 1.54) is 0 Å². The highest BCUT2D eigenvalue weighted by molar-refractivity contribution is 5.92. The Labute approximate surface area is 185 Å². The van der Waals surface area contributed by atoms with Gasteiger partial charge in [0.05, 0.1) is 11.7 Å². The Morgan fingerprint density at radius 1 is 1.33 bits per heavy atom. The molecule has 4 heterocycles. The van der Waals surface area contributed by atoms with E-state index in [1.54, 1.807) is 4.68 Å². The second-order valence-corrected chi connectivity index (χ2v) is 9.39. The SMILES string of the molecule is CCn1nc(CC(C)C)cc1C(=O)NC[C@H]1[C@@H]2CNC[C@@H](C2)[C@@H]2CCCC(=O)N21.Cl. The lowest BCUT2D eigenvalue weighted by Crippen LogP contribution is -2.66. The van der Waals surface area contributed by atoms with Crippen LogP contribution >= 0.6 is 12.4 Å². The van der Waals surface area contributed by atoms with Crippen molar-refractivity contribution in [3.8, 4) is 0 Å². The van der Waals surface area contributed by atoms with E-state index in [9.17, 15) is 9.59 Å². The number of fused-ring (bicyclic) bond motifs is 4. The monoisotopic (exact) mass is 437 g/mol. The third-order valence-corrected chi connectivity index (χ3v) is 6.85. The molecule has 30 heavy (non-hydrogen) atoms. The van der Waals surface area contributed by atoms with E-state index in [-0.39, 0.29) is 30.3 Å². The molecule has 0 saturated carbocycles. The molecule has 0 aliphatic carbocycles. The molecule has 4 rings (SSSR count). The number of aryl methyl sites for hydroxylation is 1. The summed E-state index contributed by atoms with van der Waals surface area (Å²) >= 11 is 0. The van der Waals surface area contributed by atoms with Crippen LogP contribution in [0.2, 0.25) is 0 Å². The summed E-state index contributed by atoms with van der Waals surface area (Å²) in [4.78, 5) is 27.9. The minimum atomic E-state index is -0.0822. The number of rotatable bonds is 6. The van der Waals surface area contributed by atoms with E-state index in [2.05, 4.69) is 34.5 Å². The minimum Gasteiger partial charge on any atom is -0.349 e. The van der Waals surface area contributed by atoms with Gasteiger partial charge in [0.2, 0.25) is 5.91 Å². The number of nitrogens with one attached hydrogen (secondary N) is 2. The second-order valence-electron chi connectivity index (χ2n) is 9.39. The number of halogens is 1. The highest BCUT2D eigenvalue weighted by atomic mass is 35.5. The largest absolute Gasteiger partial charge is 0.349 e. The molecule has 1 aromatic rings. The summed E-state index contributed by atoms with van der Waals surface area (Å²) in [5, 5.41) is 11.3. The Hall–Kier alpha value is -1.60. The normalized spacial score (nSPS) is 28.1. The van der Waals surface area contributed by atoms with Crippen LogP contribution in [0.4, 0.5) is 0 Å². The zero-order chi connectivity index (χ0) is 20.5. The van der Waals surface area contributed by atoms with Crippen molar-refractivity contribution in [1.29, 1.82) is 0 Å². The van der Waals surface area contributed by atoms with Gasteiger partial charge >= 0.3 is 0 Å². The van der Waals surface area contributed by atoms with Crippen molar-refractivity contribution in [3.63, 3.8) is 0 Å². The van der Waals surface area contributed by atoms with Crippen molar-refractivity contribution in [3.05, 3.63) is 17.5 Å². The maximum absolute atomic E-state index is 13.0. The molecular weight excluding hydrogens is 402 g/mol. The summed E-state index contributed by atoms with van der Waals surface area (Å²) in [7, 11) is 0. The standard InChI is InChI=1S/C22H35N5O2.ClH/c1-4-26-19(10-17(25-26)8-14(2)3)22(29)24-13-20-16-9-15(11-23-12-16)18-6-5-7-21(28)27(18)20;/h10,14-16,18,20,23H,4-9,11-13H2,1-3H3,(H,24,29);1H/t15-,16+,18+,20+;/m1./s1. The van der Waals surface area contributed by atoms with E-state index in [0.29, 0.717) is 49.0 Å². The molecule has 3 aliphatic rings. The molecule has 1 aromatic heterocycles. The molecular formula is C22H36ClN5O2. The molecule has 7 nitrogen and oxygen atoms in total. The molecule has 2 N–H and O–H groups in total. The number of amides is 2. The number of hydrogen-bond donors (Lipinski definition) is 2. The van der Waals surface area contributed by atoms with E-state index in [0.717, 1.165) is 44.5 Å². The first-order valence-electron chi connectivity index (χ1n) is 11.3. The van der Waals surface area contributed by atoms with Gasteiger partial charge in [-0.3, -0.25) is 14.3 Å². The fourth-order valence-corrected chi connectivity index (χ4v) is 5.60. The lowest BCUT2D eigenvalue weighted by atomic mass is 9.72. The maximum atomic E-state index is 13.0. The molecule has 3 saturated heterocycles. The Bertz CT molecular complexity index is 765. The van der Waals surface area contributed by atoms with Crippen LogP contribution in [0.5, 0.6) is 0 Å². The van der Waals surface area contributed by atoms with Gasteiger partial charge in [0.1, 0.15) is 5.69 Å². The number of nitrogens with zero attached hydrogens (tertiary/aromatic N) is 3. The first-order chi connectivity index (χ1) is 14.0. The van der Waals surface area contributed by atoms with Crippen LogP contribution in [0.15, 0.2) is 6.07 Å². The van der Waals surface area contributed by atoms with Crippen LogP contribution in [-0.4, -0.2) is 58.2 Å². The van der Waals surface area contributed by atoms with Crippen LogP contribution in [0.3, 0.4) is 0 Å². The molecule has 168 valence electrons. The fourth-order valence-electron chi connectivity index (χ4n) is 5.60. The Balaban J connectivity index is 0.00000256. The first kappa shape index (κ1) is 23.1. The molecule has 3 fully saturated rings. The Kier molecular flexibility index (Phi) is 7.45. The van der Waals surface area contributed by atoms with Crippen molar-refractivity contribution in [2.45, 2.75) is 71.5 Å². The summed E-state index contributed by atoms with van der Waals surface area (Å²) in [6.07, 6.45) is 4.77. The van der Waals surface area contributed by atoms with Gasteiger partial charge in [-0.1, -0.05) is 13.8 Å². The van der Waals surface area contributed by atoms with Crippen molar-refractivity contribution in [1.82, 2.24) is 25.3 Å². The second kappa shape index (κ2) is 9.69. The third-order valence-electron chi connectivity index (χ3n) is 6.85. The molecule has 8 heteroatoms. The predicted molar refractivity (Wildman–Crippen MR) is 119 cm³/mol. The van der Waals surface area contributed by atoms with Gasteiger partial charge in [0, 0.05) is 32.1 Å². The van der Waals surface area contributed by atoms with Crippen molar-refractivity contribution in [2.75, 3.05) is 19.6 Å². The molecule has 3 aliphatic heterocycles. The van der Waals surface area contributed by atoms with Crippen molar-refractivity contribution >= 4 is 24.2 Å². The number of aromatic nitrogens is 2. The van der Waals surface area contributed by atoms with Crippen molar-refractivity contribution in [2.24, 2.45) is 17.8 Å². The quantitative estimate of drug-likeness (QED) is 0.715. The van der Waals surface area contributed by atoms with E-state index < -0.39 is 0 Å². The molecule has 0 aromatic carbocycles. The predicted octanol–water partition coefficient (Wildman–Crippen LogP) is 2.24. The van der Waals surface area contributed by atoms with Gasteiger partial charge in [-0.05, 0) is 63.0 Å². The van der Waals surface area contributed by atoms with Crippen LogP contribution in [0.25, 0.3) is 0 Å². The van der Waals surface area contributed by atoms with Gasteiger partial charge in [-0.2, -0.15) is 5.10 Å². The lowest BCUT2D eigenvalue weighted by molar-refractivity contribution is -0.148. The first-order valence-corrected chi connectivity index (χ1v) is 11.3. The Morgan fingerprint density at radius 3 is 2.83 bits per heavy atom. The number of carbonyl (C=O) groups is 2. The topological polar surface area (TPSA) is 79.3 Å². The highest BCUT2D eigenvalue weighted by Crippen LogP contribution is 2.39. The van der Waals surface area contributed by atoms with Gasteiger partial charge in [-0.15, -0.1) is 12.4 Å². The van der Waals surface area contributed by atoms with Crippen LogP contribution in [0.1, 0.15) is 62.6 Å². The molecule has 0 spiro atoms. The highest BCUT2D eigenvalue weighted by Gasteiger charge is 2.47. The summed E-state index contributed by atoms with van der Waals surface area (Å²) < 4.78 is 1.79. The summed E-state index contributed by atoms with van der Waals surface area (Å²) in [5.74, 6) is 1.67. The fraction of sp³-hybridized carbons (Fsp3) is 0.773. The Morgan fingerprint density at radius 2 is 2.10 bits per heavy atom.